The number of halogens is 1. The van der Waals surface area contributed by atoms with E-state index in [2.05, 4.69) is 20.6 Å². The lowest BCUT2D eigenvalue weighted by Crippen LogP contribution is -2.26. The third kappa shape index (κ3) is 4.80. The zero-order chi connectivity index (χ0) is 18.4. The standard InChI is InChI=1S/C20H19ClN4O/c1-14-11-16(21)7-8-17(14)25-19-12-18(23-13-24-19)20(26)22-10-9-15-5-3-2-4-6-15/h2-8,11-13H,9-10H2,1H3,(H,22,26)(H,23,24,25). The molecule has 0 aliphatic carbocycles. The lowest BCUT2D eigenvalue weighted by Gasteiger charge is -2.10. The summed E-state index contributed by atoms with van der Waals surface area (Å²) in [6.45, 7) is 2.50. The van der Waals surface area contributed by atoms with Crippen LogP contribution >= 0.6 is 11.6 Å². The summed E-state index contributed by atoms with van der Waals surface area (Å²) >= 11 is 5.97. The molecule has 1 aromatic heterocycles. The van der Waals surface area contributed by atoms with Gasteiger partial charge in [0.05, 0.1) is 0 Å². The number of aromatic nitrogens is 2. The second-order valence-corrected chi connectivity index (χ2v) is 6.30. The fourth-order valence-electron chi connectivity index (χ4n) is 2.51. The van der Waals surface area contributed by atoms with Gasteiger partial charge in [-0.2, -0.15) is 0 Å². The van der Waals surface area contributed by atoms with Crippen molar-refractivity contribution >= 4 is 29.0 Å². The van der Waals surface area contributed by atoms with Gasteiger partial charge in [-0.25, -0.2) is 9.97 Å². The first-order valence-electron chi connectivity index (χ1n) is 8.29. The van der Waals surface area contributed by atoms with Crippen LogP contribution in [-0.4, -0.2) is 22.4 Å². The second-order valence-electron chi connectivity index (χ2n) is 5.86. The summed E-state index contributed by atoms with van der Waals surface area (Å²) in [5, 5.41) is 6.74. The van der Waals surface area contributed by atoms with Crippen molar-refractivity contribution in [2.24, 2.45) is 0 Å². The molecule has 26 heavy (non-hydrogen) atoms. The lowest BCUT2D eigenvalue weighted by molar-refractivity contribution is 0.0949. The van der Waals surface area contributed by atoms with Gasteiger partial charge in [-0.1, -0.05) is 41.9 Å². The van der Waals surface area contributed by atoms with E-state index in [4.69, 9.17) is 11.6 Å². The Labute approximate surface area is 157 Å². The highest BCUT2D eigenvalue weighted by Crippen LogP contribution is 2.22. The van der Waals surface area contributed by atoms with E-state index < -0.39 is 0 Å². The van der Waals surface area contributed by atoms with Crippen LogP contribution in [0.4, 0.5) is 11.5 Å². The van der Waals surface area contributed by atoms with Crippen molar-refractivity contribution in [3.05, 3.63) is 82.8 Å². The average Bonchev–Trinajstić information content (AvgIpc) is 2.65. The van der Waals surface area contributed by atoms with Crippen LogP contribution in [0.3, 0.4) is 0 Å². The molecule has 0 aliphatic rings. The monoisotopic (exact) mass is 366 g/mol. The number of benzene rings is 2. The first-order chi connectivity index (χ1) is 12.6. The third-order valence-corrected chi connectivity index (χ3v) is 4.13. The quantitative estimate of drug-likeness (QED) is 0.687. The Morgan fingerprint density at radius 1 is 1.08 bits per heavy atom. The fourth-order valence-corrected chi connectivity index (χ4v) is 2.74. The zero-order valence-electron chi connectivity index (χ0n) is 14.4. The van der Waals surface area contributed by atoms with E-state index in [-0.39, 0.29) is 5.91 Å². The molecular formula is C20H19ClN4O. The minimum Gasteiger partial charge on any atom is -0.350 e. The highest BCUT2D eigenvalue weighted by atomic mass is 35.5. The minimum absolute atomic E-state index is 0.223. The third-order valence-electron chi connectivity index (χ3n) is 3.89. The number of hydrogen-bond acceptors (Lipinski definition) is 4. The van der Waals surface area contributed by atoms with Gasteiger partial charge in [-0.3, -0.25) is 4.79 Å². The second kappa shape index (κ2) is 8.45. The minimum atomic E-state index is -0.223. The summed E-state index contributed by atoms with van der Waals surface area (Å²) < 4.78 is 0. The number of hydrogen-bond donors (Lipinski definition) is 2. The first-order valence-corrected chi connectivity index (χ1v) is 8.67. The van der Waals surface area contributed by atoms with Crippen LogP contribution in [0.25, 0.3) is 0 Å². The van der Waals surface area contributed by atoms with E-state index in [1.165, 1.54) is 11.9 Å². The van der Waals surface area contributed by atoms with Crippen LogP contribution in [-0.2, 0) is 6.42 Å². The van der Waals surface area contributed by atoms with E-state index in [0.717, 1.165) is 17.7 Å². The first kappa shape index (κ1) is 17.9. The number of rotatable bonds is 6. The summed E-state index contributed by atoms with van der Waals surface area (Å²) in [7, 11) is 0. The van der Waals surface area contributed by atoms with Crippen molar-refractivity contribution in [1.29, 1.82) is 0 Å². The van der Waals surface area contributed by atoms with E-state index in [1.807, 2.05) is 49.4 Å². The molecule has 0 fully saturated rings. The molecule has 0 unspecified atom stereocenters. The number of nitrogens with one attached hydrogen (secondary N) is 2. The molecule has 0 saturated heterocycles. The number of carbonyl (C=O) groups excluding carboxylic acids is 1. The summed E-state index contributed by atoms with van der Waals surface area (Å²) in [5.74, 6) is 0.331. The summed E-state index contributed by atoms with van der Waals surface area (Å²) in [6, 6.07) is 17.2. The SMILES string of the molecule is Cc1cc(Cl)ccc1Nc1cc(C(=O)NCCc2ccccc2)ncn1. The van der Waals surface area contributed by atoms with E-state index >= 15 is 0 Å². The van der Waals surface area contributed by atoms with Crippen LogP contribution in [0, 0.1) is 6.92 Å². The van der Waals surface area contributed by atoms with Crippen molar-refractivity contribution < 1.29 is 4.79 Å². The summed E-state index contributed by atoms with van der Waals surface area (Å²) in [5.41, 5.74) is 3.37. The number of amides is 1. The van der Waals surface area contributed by atoms with Crippen molar-refractivity contribution in [3.8, 4) is 0 Å². The van der Waals surface area contributed by atoms with Crippen LogP contribution in [0.2, 0.25) is 5.02 Å². The van der Waals surface area contributed by atoms with Gasteiger partial charge in [0.1, 0.15) is 17.8 Å². The maximum atomic E-state index is 12.3. The van der Waals surface area contributed by atoms with Crippen LogP contribution in [0.1, 0.15) is 21.6 Å². The smallest absolute Gasteiger partial charge is 0.270 e. The molecule has 3 rings (SSSR count). The molecule has 132 valence electrons. The largest absolute Gasteiger partial charge is 0.350 e. The molecule has 6 heteroatoms. The van der Waals surface area contributed by atoms with Gasteiger partial charge in [-0.15, -0.1) is 0 Å². The van der Waals surface area contributed by atoms with Crippen molar-refractivity contribution in [2.75, 3.05) is 11.9 Å². The normalized spacial score (nSPS) is 10.4. The lowest BCUT2D eigenvalue weighted by atomic mass is 10.1. The zero-order valence-corrected chi connectivity index (χ0v) is 15.1. The predicted molar refractivity (Wildman–Crippen MR) is 104 cm³/mol. The van der Waals surface area contributed by atoms with Crippen LogP contribution in [0.15, 0.2) is 60.9 Å². The summed E-state index contributed by atoms with van der Waals surface area (Å²) in [6.07, 6.45) is 2.15. The molecule has 0 bridgehead atoms. The Hall–Kier alpha value is -2.92. The van der Waals surface area contributed by atoms with Crippen molar-refractivity contribution in [2.45, 2.75) is 13.3 Å². The van der Waals surface area contributed by atoms with E-state index in [1.54, 1.807) is 12.1 Å². The molecule has 1 amide bonds. The maximum Gasteiger partial charge on any atom is 0.270 e. The van der Waals surface area contributed by atoms with Gasteiger partial charge in [0.2, 0.25) is 0 Å². The molecular weight excluding hydrogens is 348 g/mol. The molecule has 2 N–H and O–H groups in total. The Balaban J connectivity index is 1.62. The van der Waals surface area contributed by atoms with Crippen molar-refractivity contribution in [1.82, 2.24) is 15.3 Å². The number of nitrogens with zero attached hydrogens (tertiary/aromatic N) is 2. The highest BCUT2D eigenvalue weighted by molar-refractivity contribution is 6.30. The van der Waals surface area contributed by atoms with Gasteiger partial charge in [0, 0.05) is 23.3 Å². The molecule has 0 spiro atoms. The van der Waals surface area contributed by atoms with E-state index in [9.17, 15) is 4.79 Å². The maximum absolute atomic E-state index is 12.3. The van der Waals surface area contributed by atoms with Gasteiger partial charge in [0.25, 0.3) is 5.91 Å². The Morgan fingerprint density at radius 2 is 1.88 bits per heavy atom. The molecule has 5 nitrogen and oxygen atoms in total. The van der Waals surface area contributed by atoms with Gasteiger partial charge in [0.15, 0.2) is 0 Å². The van der Waals surface area contributed by atoms with Gasteiger partial charge in [-0.05, 0) is 42.7 Å². The molecule has 0 saturated carbocycles. The number of aryl methyl sites for hydroxylation is 1. The molecule has 0 radical (unpaired) electrons. The molecule has 0 atom stereocenters. The Kier molecular flexibility index (Phi) is 5.81. The van der Waals surface area contributed by atoms with Gasteiger partial charge >= 0.3 is 0 Å². The molecule has 2 aromatic carbocycles. The Bertz CT molecular complexity index is 899. The molecule has 3 aromatic rings. The highest BCUT2D eigenvalue weighted by Gasteiger charge is 2.09. The topological polar surface area (TPSA) is 66.9 Å². The fraction of sp³-hybridized carbons (Fsp3) is 0.150. The van der Waals surface area contributed by atoms with Crippen LogP contribution < -0.4 is 10.6 Å². The Morgan fingerprint density at radius 3 is 2.65 bits per heavy atom. The summed E-state index contributed by atoms with van der Waals surface area (Å²) in [4.78, 5) is 20.5. The van der Waals surface area contributed by atoms with Crippen molar-refractivity contribution in [3.63, 3.8) is 0 Å². The number of carbonyl (C=O) groups is 1. The van der Waals surface area contributed by atoms with E-state index in [0.29, 0.717) is 23.1 Å². The van der Waals surface area contributed by atoms with Crippen LogP contribution in [0.5, 0.6) is 0 Å². The predicted octanol–water partition coefficient (Wildman–Crippen LogP) is 4.15. The average molecular weight is 367 g/mol. The molecule has 0 aliphatic heterocycles. The van der Waals surface area contributed by atoms with Gasteiger partial charge < -0.3 is 10.6 Å². The molecule has 1 heterocycles. The number of anilines is 2.